The fraction of sp³-hybridized carbons (Fsp3) is 0.250. The lowest BCUT2D eigenvalue weighted by Crippen LogP contribution is -2.53. The van der Waals surface area contributed by atoms with Gasteiger partial charge in [0.1, 0.15) is 11.4 Å². The number of nitrogens with zero attached hydrogens (tertiary/aromatic N) is 4. The Kier molecular flexibility index (Phi) is 4.46. The van der Waals surface area contributed by atoms with Crippen molar-refractivity contribution in [1.82, 2.24) is 19.6 Å². The summed E-state index contributed by atoms with van der Waals surface area (Å²) in [6.07, 6.45) is 0.821. The van der Waals surface area contributed by atoms with Crippen LogP contribution in [-0.2, 0) is 6.54 Å². The van der Waals surface area contributed by atoms with Gasteiger partial charge in [0.15, 0.2) is 5.76 Å². The summed E-state index contributed by atoms with van der Waals surface area (Å²) >= 11 is 7.25. The van der Waals surface area contributed by atoms with Crippen molar-refractivity contribution < 1.29 is 24.3 Å². The summed E-state index contributed by atoms with van der Waals surface area (Å²) in [7, 11) is 0. The first-order chi connectivity index (χ1) is 12.9. The molecule has 0 radical (unpaired) electrons. The Morgan fingerprint density at radius 3 is 2.78 bits per heavy atom. The lowest BCUT2D eigenvalue weighted by Gasteiger charge is -2.35. The molecule has 1 saturated heterocycles. The Labute approximate surface area is 161 Å². The lowest BCUT2D eigenvalue weighted by atomic mass is 10.1. The predicted molar refractivity (Wildman–Crippen MR) is 95.0 cm³/mol. The average Bonchev–Trinajstić information content (AvgIpc) is 3.31. The number of hydrogen-bond acceptors (Lipinski definition) is 7. The molecule has 0 saturated carbocycles. The van der Waals surface area contributed by atoms with Crippen LogP contribution in [0.1, 0.15) is 26.8 Å². The molecular weight excluding hydrogens is 396 g/mol. The minimum absolute atomic E-state index is 0.00746. The van der Waals surface area contributed by atoms with E-state index in [4.69, 9.17) is 16.1 Å². The van der Waals surface area contributed by atoms with Crippen LogP contribution >= 0.6 is 22.9 Å². The highest BCUT2D eigenvalue weighted by Gasteiger charge is 2.32. The van der Waals surface area contributed by atoms with Gasteiger partial charge in [0, 0.05) is 25.4 Å². The third kappa shape index (κ3) is 3.46. The number of carbonyl (C=O) groups excluding carboxylic acids is 1. The van der Waals surface area contributed by atoms with Crippen molar-refractivity contribution in [2.24, 2.45) is 0 Å². The van der Waals surface area contributed by atoms with E-state index in [0.29, 0.717) is 15.8 Å². The first-order valence-corrected chi connectivity index (χ1v) is 9.09. The van der Waals surface area contributed by atoms with Gasteiger partial charge in [0.2, 0.25) is 5.82 Å². The second-order valence-electron chi connectivity index (χ2n) is 6.03. The molecule has 3 aromatic rings. The molecule has 140 valence electrons. The summed E-state index contributed by atoms with van der Waals surface area (Å²) in [6.45, 7) is 0.501. The molecule has 0 aromatic carbocycles. The van der Waals surface area contributed by atoms with Crippen molar-refractivity contribution >= 4 is 34.8 Å². The lowest BCUT2D eigenvalue weighted by molar-refractivity contribution is 0.00552. The Hall–Kier alpha value is -2.69. The summed E-state index contributed by atoms with van der Waals surface area (Å²) < 4.78 is 7.23. The summed E-state index contributed by atoms with van der Waals surface area (Å²) in [5.74, 6) is -1.44. The second-order valence-corrected chi connectivity index (χ2v) is 7.75. The van der Waals surface area contributed by atoms with Gasteiger partial charge in [0.25, 0.3) is 5.91 Å². The molecule has 0 aliphatic carbocycles. The molecule has 27 heavy (non-hydrogen) atoms. The number of aliphatic hydroxyl groups excluding tert-OH is 1. The number of thiophene rings is 1. The van der Waals surface area contributed by atoms with E-state index in [1.165, 1.54) is 27.0 Å². The molecule has 1 amide bonds. The maximum absolute atomic E-state index is 12.3. The highest BCUT2D eigenvalue weighted by atomic mass is 35.5. The zero-order valence-electron chi connectivity index (χ0n) is 13.7. The van der Waals surface area contributed by atoms with E-state index >= 15 is 0 Å². The van der Waals surface area contributed by atoms with Crippen LogP contribution in [0, 0.1) is 0 Å². The van der Waals surface area contributed by atoms with E-state index in [-0.39, 0.29) is 31.2 Å². The zero-order chi connectivity index (χ0) is 19.1. The van der Waals surface area contributed by atoms with Gasteiger partial charge in [-0.25, -0.2) is 9.78 Å². The van der Waals surface area contributed by atoms with E-state index in [1.807, 2.05) is 0 Å². The molecule has 4 heterocycles. The molecule has 1 fully saturated rings. The summed E-state index contributed by atoms with van der Waals surface area (Å²) in [5, 5.41) is 22.6. The number of aromatic carboxylic acids is 1. The van der Waals surface area contributed by atoms with Crippen LogP contribution in [0.15, 0.2) is 28.9 Å². The third-order valence-corrected chi connectivity index (χ3v) is 5.29. The Bertz CT molecular complexity index is 1020. The van der Waals surface area contributed by atoms with Crippen LogP contribution in [0.2, 0.25) is 4.34 Å². The monoisotopic (exact) mass is 408 g/mol. The van der Waals surface area contributed by atoms with Crippen LogP contribution in [0.3, 0.4) is 0 Å². The van der Waals surface area contributed by atoms with Gasteiger partial charge >= 0.3 is 5.97 Å². The van der Waals surface area contributed by atoms with Crippen molar-refractivity contribution in [3.8, 4) is 10.6 Å². The predicted octanol–water partition coefficient (Wildman–Crippen LogP) is 1.82. The number of aromatic nitrogens is 3. The molecule has 0 bridgehead atoms. The number of β-amino-alcohol motifs (C(OH)–C–C–N with tert-alkyl or cyclic N) is 1. The van der Waals surface area contributed by atoms with Crippen molar-refractivity contribution in [1.29, 1.82) is 0 Å². The molecule has 0 atom stereocenters. The third-order valence-electron chi connectivity index (χ3n) is 4.04. The maximum Gasteiger partial charge on any atom is 0.372 e. The summed E-state index contributed by atoms with van der Waals surface area (Å²) in [4.78, 5) is 29.9. The van der Waals surface area contributed by atoms with Gasteiger partial charge in [-0.2, -0.15) is 0 Å². The number of hydrogen-bond donors (Lipinski definition) is 2. The van der Waals surface area contributed by atoms with E-state index in [1.54, 1.807) is 18.2 Å². The Morgan fingerprint density at radius 2 is 2.15 bits per heavy atom. The van der Waals surface area contributed by atoms with Gasteiger partial charge in [-0.05, 0) is 12.1 Å². The number of carbonyl (C=O) groups is 2. The number of rotatable bonds is 5. The van der Waals surface area contributed by atoms with Crippen molar-refractivity contribution in [2.75, 3.05) is 13.1 Å². The zero-order valence-corrected chi connectivity index (χ0v) is 15.3. The molecule has 1 aliphatic rings. The maximum atomic E-state index is 12.3. The van der Waals surface area contributed by atoms with Crippen molar-refractivity contribution in [2.45, 2.75) is 12.6 Å². The minimum Gasteiger partial charge on any atom is -0.475 e. The quantitative estimate of drug-likeness (QED) is 0.660. The number of imidazole rings is 1. The molecule has 11 heteroatoms. The minimum atomic E-state index is -1.26. The second kappa shape index (κ2) is 6.80. The molecular formula is C16H13ClN4O5S. The first kappa shape index (κ1) is 17.7. The van der Waals surface area contributed by atoms with E-state index < -0.39 is 18.0 Å². The number of halogens is 1. The SMILES string of the molecule is O=C(O)c1nc(C(=O)N2CC(O)C2)cn1Cc1cc(-c2ccc(Cl)s2)on1. The molecule has 9 nitrogen and oxygen atoms in total. The van der Waals surface area contributed by atoms with Crippen molar-refractivity contribution in [3.05, 3.63) is 45.9 Å². The smallest absolute Gasteiger partial charge is 0.372 e. The van der Waals surface area contributed by atoms with Gasteiger partial charge in [-0.3, -0.25) is 4.79 Å². The molecule has 0 spiro atoms. The number of amides is 1. The van der Waals surface area contributed by atoms with Gasteiger partial charge in [0.05, 0.1) is 21.9 Å². The van der Waals surface area contributed by atoms with E-state index in [2.05, 4.69) is 10.1 Å². The number of carboxylic acid groups (broad SMARTS) is 1. The standard InChI is InChI=1S/C16H13ClN4O5S/c17-13-2-1-12(27-13)11-3-8(19-26-11)4-20-7-10(18-14(20)16(24)25)15(23)21-5-9(22)6-21/h1-3,7,9,22H,4-6H2,(H,24,25). The fourth-order valence-corrected chi connectivity index (χ4v) is 3.71. The van der Waals surface area contributed by atoms with Gasteiger partial charge in [-0.1, -0.05) is 16.8 Å². The van der Waals surface area contributed by atoms with E-state index in [0.717, 1.165) is 4.88 Å². The average molecular weight is 409 g/mol. The summed E-state index contributed by atoms with van der Waals surface area (Å²) in [6, 6.07) is 5.23. The first-order valence-electron chi connectivity index (χ1n) is 7.90. The normalized spacial score (nSPS) is 14.4. The highest BCUT2D eigenvalue weighted by Crippen LogP contribution is 2.31. The number of likely N-dealkylation sites (tertiary alicyclic amines) is 1. The van der Waals surface area contributed by atoms with Crippen LogP contribution in [0.25, 0.3) is 10.6 Å². The Morgan fingerprint density at radius 1 is 1.37 bits per heavy atom. The Balaban J connectivity index is 1.57. The van der Waals surface area contributed by atoms with Crippen LogP contribution in [0.4, 0.5) is 0 Å². The van der Waals surface area contributed by atoms with Crippen molar-refractivity contribution in [3.63, 3.8) is 0 Å². The number of aliphatic hydroxyl groups is 1. The molecule has 4 rings (SSSR count). The fourth-order valence-electron chi connectivity index (χ4n) is 2.72. The highest BCUT2D eigenvalue weighted by molar-refractivity contribution is 7.19. The van der Waals surface area contributed by atoms with Crippen LogP contribution in [0.5, 0.6) is 0 Å². The van der Waals surface area contributed by atoms with Gasteiger partial charge < -0.3 is 24.2 Å². The molecule has 0 unspecified atom stereocenters. The summed E-state index contributed by atoms with van der Waals surface area (Å²) in [5.41, 5.74) is 0.487. The topological polar surface area (TPSA) is 122 Å². The van der Waals surface area contributed by atoms with Crippen LogP contribution < -0.4 is 0 Å². The largest absolute Gasteiger partial charge is 0.475 e. The molecule has 3 aromatic heterocycles. The molecule has 1 aliphatic heterocycles. The van der Waals surface area contributed by atoms with Crippen LogP contribution in [-0.4, -0.2) is 60.9 Å². The van der Waals surface area contributed by atoms with Gasteiger partial charge in [-0.15, -0.1) is 11.3 Å². The van der Waals surface area contributed by atoms with E-state index in [9.17, 15) is 19.8 Å². The number of carboxylic acids is 1. The molecule has 2 N–H and O–H groups in total.